The molecule has 0 unspecified atom stereocenters. The van der Waals surface area contributed by atoms with Crippen LogP contribution < -0.4 is 0 Å². The SMILES string of the molecule is CC1CN(C(=O)c2noc([C@H](CCCC3CCCCC3)CC(=O)O)n2)C1.CC1CN(C(=O)c2noc([C@H](CCCC3CCCCC3)CC(=O)OC(C)(C)C)n2)C1. The molecule has 2 atom stereocenters. The van der Waals surface area contributed by atoms with E-state index in [1.807, 2.05) is 20.8 Å². The van der Waals surface area contributed by atoms with E-state index in [0.29, 0.717) is 37.2 Å². The number of aliphatic carboxylic acids is 1. The van der Waals surface area contributed by atoms with Crippen LogP contribution in [0.2, 0.25) is 0 Å². The number of nitrogens with zero attached hydrogens (tertiary/aromatic N) is 6. The number of aromatic nitrogens is 4. The van der Waals surface area contributed by atoms with Crippen molar-refractivity contribution in [3.8, 4) is 0 Å². The highest BCUT2D eigenvalue weighted by molar-refractivity contribution is 5.91. The Bertz CT molecular complexity index is 1560. The van der Waals surface area contributed by atoms with Gasteiger partial charge in [-0.3, -0.25) is 19.2 Å². The van der Waals surface area contributed by atoms with Crippen LogP contribution in [0.4, 0.5) is 0 Å². The van der Waals surface area contributed by atoms with Crippen LogP contribution in [-0.4, -0.2) is 90.7 Å². The largest absolute Gasteiger partial charge is 0.481 e. The minimum Gasteiger partial charge on any atom is -0.481 e. The zero-order chi connectivity index (χ0) is 40.2. The van der Waals surface area contributed by atoms with Gasteiger partial charge in [-0.25, -0.2) is 0 Å². The molecule has 0 radical (unpaired) electrons. The molecule has 2 saturated carbocycles. The average Bonchev–Trinajstić information content (AvgIpc) is 3.83. The molecule has 14 nitrogen and oxygen atoms in total. The van der Waals surface area contributed by atoms with Gasteiger partial charge >= 0.3 is 11.9 Å². The van der Waals surface area contributed by atoms with Crippen molar-refractivity contribution in [3.63, 3.8) is 0 Å². The molecule has 56 heavy (non-hydrogen) atoms. The molecule has 2 aliphatic carbocycles. The molecule has 312 valence electrons. The molecule has 4 fully saturated rings. The maximum absolute atomic E-state index is 12.5. The lowest BCUT2D eigenvalue weighted by molar-refractivity contribution is -0.155. The van der Waals surface area contributed by atoms with E-state index in [-0.39, 0.29) is 60.0 Å². The summed E-state index contributed by atoms with van der Waals surface area (Å²) >= 11 is 0. The number of carbonyl (C=O) groups excluding carboxylic acids is 3. The number of hydrogen-bond donors (Lipinski definition) is 1. The zero-order valence-electron chi connectivity index (χ0n) is 34.5. The number of carboxylic acids is 1. The summed E-state index contributed by atoms with van der Waals surface area (Å²) in [5.41, 5.74) is -0.534. The summed E-state index contributed by atoms with van der Waals surface area (Å²) in [4.78, 5) is 60.5. The molecule has 0 bridgehead atoms. The van der Waals surface area contributed by atoms with Crippen LogP contribution in [0.3, 0.4) is 0 Å². The third-order valence-electron chi connectivity index (χ3n) is 11.7. The third kappa shape index (κ3) is 13.4. The molecule has 6 rings (SSSR count). The lowest BCUT2D eigenvalue weighted by Gasteiger charge is -2.36. The van der Waals surface area contributed by atoms with Gasteiger partial charge < -0.3 is 28.7 Å². The normalized spacial score (nSPS) is 19.7. The van der Waals surface area contributed by atoms with Crippen molar-refractivity contribution < 1.29 is 38.1 Å². The van der Waals surface area contributed by atoms with Crippen molar-refractivity contribution in [2.24, 2.45) is 23.7 Å². The fourth-order valence-corrected chi connectivity index (χ4v) is 8.67. The summed E-state index contributed by atoms with van der Waals surface area (Å²) in [5, 5.41) is 16.9. The summed E-state index contributed by atoms with van der Waals surface area (Å²) in [6, 6.07) is 0. The molecule has 0 aromatic carbocycles. The molecule has 4 aliphatic rings. The highest BCUT2D eigenvalue weighted by Crippen LogP contribution is 2.33. The van der Waals surface area contributed by atoms with Gasteiger partial charge in [-0.05, 0) is 57.3 Å². The Morgan fingerprint density at radius 1 is 0.696 bits per heavy atom. The monoisotopic (exact) mass is 782 g/mol. The Labute approximate surface area is 332 Å². The van der Waals surface area contributed by atoms with E-state index in [0.717, 1.165) is 57.0 Å². The summed E-state index contributed by atoms with van der Waals surface area (Å²) < 4.78 is 16.2. The number of esters is 1. The fraction of sp³-hybridized carbons (Fsp3) is 0.810. The van der Waals surface area contributed by atoms with E-state index in [2.05, 4.69) is 34.1 Å². The Balaban J connectivity index is 0.000000216. The average molecular weight is 783 g/mol. The van der Waals surface area contributed by atoms with Gasteiger partial charge in [0.15, 0.2) is 0 Å². The molecule has 1 N–H and O–H groups in total. The number of amides is 2. The van der Waals surface area contributed by atoms with Crippen LogP contribution in [0, 0.1) is 23.7 Å². The minimum absolute atomic E-state index is 0.0404. The number of ether oxygens (including phenoxy) is 1. The van der Waals surface area contributed by atoms with E-state index in [9.17, 15) is 24.3 Å². The van der Waals surface area contributed by atoms with E-state index < -0.39 is 11.6 Å². The van der Waals surface area contributed by atoms with Gasteiger partial charge in [0.1, 0.15) is 5.60 Å². The predicted octanol–water partition coefficient (Wildman–Crippen LogP) is 8.20. The van der Waals surface area contributed by atoms with Crippen LogP contribution >= 0.6 is 0 Å². The zero-order valence-corrected chi connectivity index (χ0v) is 34.5. The van der Waals surface area contributed by atoms with Gasteiger partial charge in [-0.1, -0.05) is 114 Å². The predicted molar refractivity (Wildman–Crippen MR) is 208 cm³/mol. The van der Waals surface area contributed by atoms with Crippen molar-refractivity contribution in [2.75, 3.05) is 26.2 Å². The molecule has 4 heterocycles. The first-order valence-electron chi connectivity index (χ1n) is 21.4. The van der Waals surface area contributed by atoms with Crippen molar-refractivity contribution in [2.45, 2.75) is 168 Å². The van der Waals surface area contributed by atoms with Crippen LogP contribution in [0.25, 0.3) is 0 Å². The standard InChI is InChI=1S/C23H37N3O4.C19H29N3O4/c1-16-14-26(15-16)22(28)20-24-21(30-25-20)18(13-19(27)29-23(2,3)4)12-8-11-17-9-6-5-7-10-17;1-13-11-22(12-13)19(25)17-20-18(26-21-17)15(10-16(23)24)9-5-8-14-6-3-2-4-7-14/h16-18H,5-15H2,1-4H3;13-15H,2-12H2,1H3,(H,23,24)/t18-;15-/m11/s1. The van der Waals surface area contributed by atoms with Crippen LogP contribution in [0.5, 0.6) is 0 Å². The van der Waals surface area contributed by atoms with Gasteiger partial charge in [0, 0.05) is 38.0 Å². The van der Waals surface area contributed by atoms with Crippen LogP contribution in [0.15, 0.2) is 9.05 Å². The van der Waals surface area contributed by atoms with Crippen molar-refractivity contribution >= 4 is 23.8 Å². The first-order valence-corrected chi connectivity index (χ1v) is 21.4. The first kappa shape index (κ1) is 43.3. The van der Waals surface area contributed by atoms with Gasteiger partial charge in [-0.15, -0.1) is 0 Å². The van der Waals surface area contributed by atoms with Crippen molar-refractivity contribution in [3.05, 3.63) is 23.4 Å². The Morgan fingerprint density at radius 2 is 1.11 bits per heavy atom. The maximum Gasteiger partial charge on any atom is 0.307 e. The third-order valence-corrected chi connectivity index (χ3v) is 11.7. The number of rotatable bonds is 16. The topological polar surface area (TPSA) is 182 Å². The van der Waals surface area contributed by atoms with Crippen LogP contribution in [-0.2, 0) is 14.3 Å². The second-order valence-electron chi connectivity index (χ2n) is 18.2. The highest BCUT2D eigenvalue weighted by Gasteiger charge is 2.34. The Kier molecular flexibility index (Phi) is 15.9. The van der Waals surface area contributed by atoms with Crippen LogP contribution in [0.1, 0.15) is 195 Å². The lowest BCUT2D eigenvalue weighted by Crippen LogP contribution is -2.48. The molecule has 2 aromatic rings. The van der Waals surface area contributed by atoms with Gasteiger partial charge in [0.2, 0.25) is 11.8 Å². The lowest BCUT2D eigenvalue weighted by atomic mass is 9.84. The smallest absolute Gasteiger partial charge is 0.307 e. The van der Waals surface area contributed by atoms with Crippen molar-refractivity contribution in [1.29, 1.82) is 0 Å². The summed E-state index contributed by atoms with van der Waals surface area (Å²) in [5.74, 6) is 1.27. The molecule has 14 heteroatoms. The van der Waals surface area contributed by atoms with E-state index in [1.54, 1.807) is 9.80 Å². The minimum atomic E-state index is -0.879. The number of hydrogen-bond acceptors (Lipinski definition) is 11. The molecule has 2 aliphatic heterocycles. The summed E-state index contributed by atoms with van der Waals surface area (Å²) in [7, 11) is 0. The fourth-order valence-electron chi connectivity index (χ4n) is 8.67. The van der Waals surface area contributed by atoms with Gasteiger partial charge in [-0.2, -0.15) is 9.97 Å². The molecular formula is C42H66N6O8. The first-order chi connectivity index (χ1) is 26.7. The van der Waals surface area contributed by atoms with E-state index >= 15 is 0 Å². The highest BCUT2D eigenvalue weighted by atomic mass is 16.6. The Hall–Kier alpha value is -3.84. The quantitative estimate of drug-likeness (QED) is 0.161. The van der Waals surface area contributed by atoms with Crippen molar-refractivity contribution in [1.82, 2.24) is 30.1 Å². The molecule has 2 saturated heterocycles. The molecular weight excluding hydrogens is 716 g/mol. The second-order valence-corrected chi connectivity index (χ2v) is 18.2. The number of carbonyl (C=O) groups is 4. The van der Waals surface area contributed by atoms with E-state index in [1.165, 1.54) is 64.2 Å². The molecule has 0 spiro atoms. The van der Waals surface area contributed by atoms with Gasteiger partial charge in [0.05, 0.1) is 12.8 Å². The molecule has 2 aromatic heterocycles. The molecule has 2 amide bonds. The Morgan fingerprint density at radius 3 is 1.48 bits per heavy atom. The number of likely N-dealkylation sites (tertiary alicyclic amines) is 2. The maximum atomic E-state index is 12.5. The number of carboxylic acid groups (broad SMARTS) is 1. The summed E-state index contributed by atoms with van der Waals surface area (Å²) in [6.45, 7) is 12.7. The summed E-state index contributed by atoms with van der Waals surface area (Å²) in [6.07, 6.45) is 19.1. The van der Waals surface area contributed by atoms with E-state index in [4.69, 9.17) is 13.8 Å². The van der Waals surface area contributed by atoms with Gasteiger partial charge in [0.25, 0.3) is 23.5 Å². The second kappa shape index (κ2) is 20.5.